The van der Waals surface area contributed by atoms with Crippen LogP contribution in [0.15, 0.2) is 30.5 Å². The van der Waals surface area contributed by atoms with E-state index in [0.29, 0.717) is 5.95 Å². The molecule has 1 heterocycles. The van der Waals surface area contributed by atoms with E-state index in [-0.39, 0.29) is 0 Å². The lowest BCUT2D eigenvalue weighted by atomic mass is 10.1. The Hall–Kier alpha value is -2.14. The smallest absolute Gasteiger partial charge is 0.239 e. The maximum atomic E-state index is 5.34. The van der Waals surface area contributed by atoms with Crippen molar-refractivity contribution in [1.29, 1.82) is 0 Å². The summed E-state index contributed by atoms with van der Waals surface area (Å²) in [5.41, 5.74) is 5.80. The van der Waals surface area contributed by atoms with Gasteiger partial charge in [-0.1, -0.05) is 31.5 Å². The van der Waals surface area contributed by atoms with Gasteiger partial charge in [0.15, 0.2) is 0 Å². The molecule has 4 N–H and O–H groups in total. The highest BCUT2D eigenvalue weighted by atomic mass is 15.3. The quantitative estimate of drug-likeness (QED) is 0.567. The summed E-state index contributed by atoms with van der Waals surface area (Å²) in [6, 6.07) is 8.25. The van der Waals surface area contributed by atoms with Gasteiger partial charge < -0.3 is 5.32 Å². The highest BCUT2D eigenvalue weighted by Gasteiger charge is 2.06. The summed E-state index contributed by atoms with van der Waals surface area (Å²) in [6.45, 7) is 4.13. The van der Waals surface area contributed by atoms with Crippen molar-refractivity contribution in [2.24, 2.45) is 5.84 Å². The first-order valence-electron chi connectivity index (χ1n) is 6.39. The number of hydrogen-bond donors (Lipinski definition) is 3. The van der Waals surface area contributed by atoms with E-state index >= 15 is 0 Å². The normalized spacial score (nSPS) is 10.3. The van der Waals surface area contributed by atoms with Crippen LogP contribution in [-0.2, 0) is 6.42 Å². The zero-order valence-electron chi connectivity index (χ0n) is 11.3. The van der Waals surface area contributed by atoms with Crippen LogP contribution in [0.1, 0.15) is 24.5 Å². The first kappa shape index (κ1) is 13.3. The van der Waals surface area contributed by atoms with Crippen molar-refractivity contribution < 1.29 is 0 Å². The van der Waals surface area contributed by atoms with Crippen LogP contribution in [0.3, 0.4) is 0 Å². The number of aryl methyl sites for hydroxylation is 2. The number of hydrogen-bond acceptors (Lipinski definition) is 5. The van der Waals surface area contributed by atoms with Gasteiger partial charge in [-0.2, -0.15) is 4.98 Å². The highest BCUT2D eigenvalue weighted by Crippen LogP contribution is 2.23. The average molecular weight is 257 g/mol. The van der Waals surface area contributed by atoms with Crippen molar-refractivity contribution in [2.75, 3.05) is 10.7 Å². The molecule has 0 bridgehead atoms. The highest BCUT2D eigenvalue weighted by molar-refractivity contribution is 5.63. The number of aromatic nitrogens is 2. The number of nitrogens with two attached hydrogens (primary N) is 1. The lowest BCUT2D eigenvalue weighted by molar-refractivity contribution is 0.923. The number of rotatable bonds is 5. The van der Waals surface area contributed by atoms with Gasteiger partial charge in [-0.15, -0.1) is 0 Å². The van der Waals surface area contributed by atoms with Gasteiger partial charge in [0.25, 0.3) is 0 Å². The summed E-state index contributed by atoms with van der Waals surface area (Å²) in [5.74, 6) is 6.51. The van der Waals surface area contributed by atoms with Gasteiger partial charge >= 0.3 is 0 Å². The second-order valence-corrected chi connectivity index (χ2v) is 4.40. The zero-order valence-corrected chi connectivity index (χ0v) is 11.3. The fourth-order valence-corrected chi connectivity index (χ4v) is 1.90. The molecule has 0 aliphatic heterocycles. The molecule has 0 atom stereocenters. The Morgan fingerprint density at radius 3 is 2.79 bits per heavy atom. The van der Waals surface area contributed by atoms with E-state index in [0.717, 1.165) is 29.9 Å². The van der Waals surface area contributed by atoms with Crippen LogP contribution in [0.25, 0.3) is 0 Å². The topological polar surface area (TPSA) is 75.9 Å². The molecule has 1 aromatic heterocycles. The van der Waals surface area contributed by atoms with Gasteiger partial charge in [0.1, 0.15) is 5.82 Å². The number of anilines is 3. The SMILES string of the molecule is CCCc1ccccc1Nc1nc(NN)ncc1C. The Morgan fingerprint density at radius 2 is 2.05 bits per heavy atom. The van der Waals surface area contributed by atoms with Gasteiger partial charge in [0, 0.05) is 17.4 Å². The molecule has 0 fully saturated rings. The maximum absolute atomic E-state index is 5.34. The fraction of sp³-hybridized carbons (Fsp3) is 0.286. The van der Waals surface area contributed by atoms with E-state index in [2.05, 4.69) is 45.8 Å². The van der Waals surface area contributed by atoms with Crippen LogP contribution < -0.4 is 16.6 Å². The fourth-order valence-electron chi connectivity index (χ4n) is 1.90. The van der Waals surface area contributed by atoms with Crippen molar-refractivity contribution in [3.8, 4) is 0 Å². The summed E-state index contributed by atoms with van der Waals surface area (Å²) < 4.78 is 0. The number of nitrogens with one attached hydrogen (secondary N) is 2. The van der Waals surface area contributed by atoms with Crippen LogP contribution in [-0.4, -0.2) is 9.97 Å². The second kappa shape index (κ2) is 6.15. The van der Waals surface area contributed by atoms with Crippen LogP contribution in [0.5, 0.6) is 0 Å². The van der Waals surface area contributed by atoms with Crippen LogP contribution >= 0.6 is 0 Å². The van der Waals surface area contributed by atoms with Gasteiger partial charge in [-0.05, 0) is 25.0 Å². The molecular weight excluding hydrogens is 238 g/mol. The number of hydrazine groups is 1. The summed E-state index contributed by atoms with van der Waals surface area (Å²) in [7, 11) is 0. The third-order valence-corrected chi connectivity index (χ3v) is 2.89. The molecule has 0 amide bonds. The van der Waals surface area contributed by atoms with E-state index in [4.69, 9.17) is 5.84 Å². The van der Waals surface area contributed by atoms with Crippen molar-refractivity contribution in [3.05, 3.63) is 41.6 Å². The molecule has 19 heavy (non-hydrogen) atoms. The minimum absolute atomic E-state index is 0.404. The van der Waals surface area contributed by atoms with Crippen LogP contribution in [0.2, 0.25) is 0 Å². The van der Waals surface area contributed by atoms with E-state index in [1.807, 2.05) is 13.0 Å². The summed E-state index contributed by atoms with van der Waals surface area (Å²) >= 11 is 0. The van der Waals surface area contributed by atoms with Crippen molar-refractivity contribution >= 4 is 17.5 Å². The minimum Gasteiger partial charge on any atom is -0.340 e. The molecule has 0 radical (unpaired) electrons. The summed E-state index contributed by atoms with van der Waals surface area (Å²) in [4.78, 5) is 8.40. The standard InChI is InChI=1S/C14H19N5/c1-3-6-11-7-4-5-8-12(11)17-13-10(2)9-16-14(18-13)19-15/h4-5,7-9H,3,6,15H2,1-2H3,(H2,16,17,18,19). The van der Waals surface area contributed by atoms with Gasteiger partial charge in [0.05, 0.1) is 0 Å². The molecule has 100 valence electrons. The second-order valence-electron chi connectivity index (χ2n) is 4.40. The lowest BCUT2D eigenvalue weighted by Crippen LogP contribution is -2.12. The Labute approximate surface area is 113 Å². The molecule has 0 unspecified atom stereocenters. The van der Waals surface area contributed by atoms with Crippen LogP contribution in [0, 0.1) is 6.92 Å². The first-order valence-corrected chi connectivity index (χ1v) is 6.39. The van der Waals surface area contributed by atoms with Gasteiger partial charge in [0.2, 0.25) is 5.95 Å². The van der Waals surface area contributed by atoms with Gasteiger partial charge in [-0.25, -0.2) is 10.8 Å². The molecule has 0 aliphatic rings. The largest absolute Gasteiger partial charge is 0.340 e. The maximum Gasteiger partial charge on any atom is 0.239 e. The molecule has 0 saturated heterocycles. The Morgan fingerprint density at radius 1 is 1.26 bits per heavy atom. The predicted molar refractivity (Wildman–Crippen MR) is 78.3 cm³/mol. The molecule has 2 aromatic rings. The minimum atomic E-state index is 0.404. The molecule has 0 spiro atoms. The van der Waals surface area contributed by atoms with E-state index in [1.54, 1.807) is 6.20 Å². The predicted octanol–water partition coefficient (Wildman–Crippen LogP) is 2.77. The molecule has 2 rings (SSSR count). The average Bonchev–Trinajstić information content (AvgIpc) is 2.43. The first-order chi connectivity index (χ1) is 9.24. The van der Waals surface area contributed by atoms with E-state index in [1.165, 1.54) is 5.56 Å². The third-order valence-electron chi connectivity index (χ3n) is 2.89. The van der Waals surface area contributed by atoms with Crippen LogP contribution in [0.4, 0.5) is 17.5 Å². The van der Waals surface area contributed by atoms with Crippen molar-refractivity contribution in [3.63, 3.8) is 0 Å². The Bertz CT molecular complexity index is 553. The van der Waals surface area contributed by atoms with E-state index < -0.39 is 0 Å². The van der Waals surface area contributed by atoms with Gasteiger partial charge in [-0.3, -0.25) is 5.43 Å². The van der Waals surface area contributed by atoms with Crippen molar-refractivity contribution in [2.45, 2.75) is 26.7 Å². The lowest BCUT2D eigenvalue weighted by Gasteiger charge is -2.13. The monoisotopic (exact) mass is 257 g/mol. The van der Waals surface area contributed by atoms with E-state index in [9.17, 15) is 0 Å². The molecule has 0 saturated carbocycles. The summed E-state index contributed by atoms with van der Waals surface area (Å²) in [5, 5.41) is 3.35. The number of para-hydroxylation sites is 1. The third kappa shape index (κ3) is 3.20. The molecular formula is C14H19N5. The number of nitrogens with zero attached hydrogens (tertiary/aromatic N) is 2. The number of benzene rings is 1. The number of nitrogen functional groups attached to an aromatic ring is 1. The zero-order chi connectivity index (χ0) is 13.7. The molecule has 1 aromatic carbocycles. The van der Waals surface area contributed by atoms with Crippen molar-refractivity contribution in [1.82, 2.24) is 9.97 Å². The molecule has 5 heteroatoms. The summed E-state index contributed by atoms with van der Waals surface area (Å²) in [6.07, 6.45) is 3.89. The Balaban J connectivity index is 2.30. The molecule has 0 aliphatic carbocycles. The molecule has 5 nitrogen and oxygen atoms in total. The Kier molecular flexibility index (Phi) is 4.30.